The Balaban J connectivity index is 1.82. The second-order valence-electron chi connectivity index (χ2n) is 11.2. The Morgan fingerprint density at radius 1 is 0.486 bits per heavy atom. The van der Waals surface area contributed by atoms with Crippen molar-refractivity contribution < 1.29 is 9.57 Å². The highest BCUT2D eigenvalue weighted by Gasteiger charge is 2.25. The molecular weight excluding hydrogens is 430 g/mol. The fourth-order valence-corrected chi connectivity index (χ4v) is 5.31. The van der Waals surface area contributed by atoms with E-state index in [-0.39, 0.29) is 6.23 Å². The number of ether oxygens (including phenoxy) is 1. The third kappa shape index (κ3) is 21.7. The fraction of sp³-hybridized carbons (Fsp3) is 1.00. The molecule has 1 heterocycles. The number of nitrogens with zero attached hydrogens (tertiary/aromatic N) is 1. The van der Waals surface area contributed by atoms with Gasteiger partial charge in [-0.15, -0.1) is 0 Å². The van der Waals surface area contributed by atoms with Crippen molar-refractivity contribution in [2.45, 2.75) is 187 Å². The van der Waals surface area contributed by atoms with Crippen LogP contribution in [0.1, 0.15) is 181 Å². The highest BCUT2D eigenvalue weighted by Crippen LogP contribution is 2.20. The Morgan fingerprint density at radius 2 is 0.857 bits per heavy atom. The van der Waals surface area contributed by atoms with Crippen molar-refractivity contribution in [3.63, 3.8) is 0 Å². The second-order valence-corrected chi connectivity index (χ2v) is 11.2. The SMILES string of the molecule is CCCCCCCCCCCCCCOC1CCCN1OCCCCCCCCCCCCCC. The molecule has 0 spiro atoms. The molecule has 0 N–H and O–H groups in total. The molecule has 1 aliphatic rings. The molecule has 3 heteroatoms. The van der Waals surface area contributed by atoms with Gasteiger partial charge in [0.25, 0.3) is 0 Å². The molecule has 0 radical (unpaired) electrons. The summed E-state index contributed by atoms with van der Waals surface area (Å²) >= 11 is 0. The van der Waals surface area contributed by atoms with Crippen LogP contribution in [0.4, 0.5) is 0 Å². The van der Waals surface area contributed by atoms with Crippen LogP contribution in [0.3, 0.4) is 0 Å². The maximum Gasteiger partial charge on any atom is 0.133 e. The molecule has 1 unspecified atom stereocenters. The molecule has 0 aromatic rings. The summed E-state index contributed by atoms with van der Waals surface area (Å²) in [6, 6.07) is 0. The predicted molar refractivity (Wildman–Crippen MR) is 154 cm³/mol. The smallest absolute Gasteiger partial charge is 0.133 e. The summed E-state index contributed by atoms with van der Waals surface area (Å²) in [5.41, 5.74) is 0. The van der Waals surface area contributed by atoms with Crippen LogP contribution in [0.5, 0.6) is 0 Å². The van der Waals surface area contributed by atoms with Gasteiger partial charge >= 0.3 is 0 Å². The van der Waals surface area contributed by atoms with Crippen LogP contribution in [0.15, 0.2) is 0 Å². The van der Waals surface area contributed by atoms with Crippen molar-refractivity contribution in [3.8, 4) is 0 Å². The summed E-state index contributed by atoms with van der Waals surface area (Å²) in [6.07, 6.45) is 36.0. The average Bonchev–Trinajstić information content (AvgIpc) is 3.32. The van der Waals surface area contributed by atoms with Gasteiger partial charge in [0.2, 0.25) is 0 Å². The first kappa shape index (κ1) is 32.9. The molecule has 0 aliphatic carbocycles. The molecule has 35 heavy (non-hydrogen) atoms. The van der Waals surface area contributed by atoms with Crippen molar-refractivity contribution in [1.29, 1.82) is 0 Å². The Bertz CT molecular complexity index is 367. The van der Waals surface area contributed by atoms with Gasteiger partial charge < -0.3 is 4.74 Å². The van der Waals surface area contributed by atoms with Crippen LogP contribution >= 0.6 is 0 Å². The van der Waals surface area contributed by atoms with E-state index in [2.05, 4.69) is 18.9 Å². The molecule has 0 aromatic heterocycles. The first-order chi connectivity index (χ1) is 17.4. The first-order valence-corrected chi connectivity index (χ1v) is 16.4. The summed E-state index contributed by atoms with van der Waals surface area (Å²) in [7, 11) is 0. The van der Waals surface area contributed by atoms with Gasteiger partial charge in [0.05, 0.1) is 6.61 Å². The van der Waals surface area contributed by atoms with E-state index in [0.29, 0.717) is 0 Å². The van der Waals surface area contributed by atoms with Crippen molar-refractivity contribution in [2.24, 2.45) is 0 Å². The van der Waals surface area contributed by atoms with Crippen molar-refractivity contribution >= 4 is 0 Å². The lowest BCUT2D eigenvalue weighted by Crippen LogP contribution is -2.32. The lowest BCUT2D eigenvalue weighted by molar-refractivity contribution is -0.234. The van der Waals surface area contributed by atoms with Gasteiger partial charge in [-0.3, -0.25) is 4.84 Å². The Morgan fingerprint density at radius 3 is 1.29 bits per heavy atom. The van der Waals surface area contributed by atoms with E-state index in [1.807, 2.05) is 0 Å². The second kappa shape index (κ2) is 26.9. The van der Waals surface area contributed by atoms with Crippen molar-refractivity contribution in [2.75, 3.05) is 19.8 Å². The van der Waals surface area contributed by atoms with Crippen LogP contribution in [-0.4, -0.2) is 31.0 Å². The van der Waals surface area contributed by atoms with Crippen molar-refractivity contribution in [1.82, 2.24) is 5.06 Å². The van der Waals surface area contributed by atoms with E-state index < -0.39 is 0 Å². The Hall–Kier alpha value is -0.120. The molecule has 1 aliphatic heterocycles. The third-order valence-electron chi connectivity index (χ3n) is 7.71. The van der Waals surface area contributed by atoms with Crippen LogP contribution in [-0.2, 0) is 9.57 Å². The van der Waals surface area contributed by atoms with Gasteiger partial charge in [0, 0.05) is 13.2 Å². The summed E-state index contributed by atoms with van der Waals surface area (Å²) in [5.74, 6) is 0. The van der Waals surface area contributed by atoms with Gasteiger partial charge in [-0.2, -0.15) is 5.06 Å². The minimum absolute atomic E-state index is 0.208. The highest BCUT2D eigenvalue weighted by molar-refractivity contribution is 4.65. The van der Waals surface area contributed by atoms with E-state index in [9.17, 15) is 0 Å². The molecule has 210 valence electrons. The quantitative estimate of drug-likeness (QED) is 0.101. The van der Waals surface area contributed by atoms with Crippen LogP contribution in [0, 0.1) is 0 Å². The number of unbranched alkanes of at least 4 members (excludes halogenated alkanes) is 22. The summed E-state index contributed by atoms with van der Waals surface area (Å²) in [5, 5.41) is 2.14. The van der Waals surface area contributed by atoms with Gasteiger partial charge in [0.15, 0.2) is 0 Å². The first-order valence-electron chi connectivity index (χ1n) is 16.4. The topological polar surface area (TPSA) is 21.7 Å². The van der Waals surface area contributed by atoms with E-state index in [1.54, 1.807) is 0 Å². The molecule has 1 fully saturated rings. The largest absolute Gasteiger partial charge is 0.361 e. The van der Waals surface area contributed by atoms with Gasteiger partial charge in [-0.25, -0.2) is 0 Å². The monoisotopic (exact) mass is 496 g/mol. The number of rotatable bonds is 28. The van der Waals surface area contributed by atoms with E-state index >= 15 is 0 Å². The lowest BCUT2D eigenvalue weighted by Gasteiger charge is -2.24. The summed E-state index contributed by atoms with van der Waals surface area (Å²) < 4.78 is 6.17. The van der Waals surface area contributed by atoms with Crippen LogP contribution in [0.2, 0.25) is 0 Å². The molecule has 0 amide bonds. The average molecular weight is 496 g/mol. The normalized spacial score (nSPS) is 16.5. The highest BCUT2D eigenvalue weighted by atomic mass is 16.7. The van der Waals surface area contributed by atoms with E-state index in [4.69, 9.17) is 9.57 Å². The lowest BCUT2D eigenvalue weighted by atomic mass is 10.1. The van der Waals surface area contributed by atoms with E-state index in [1.165, 1.54) is 161 Å². The van der Waals surface area contributed by atoms with Gasteiger partial charge in [0.1, 0.15) is 6.23 Å². The van der Waals surface area contributed by atoms with E-state index in [0.717, 1.165) is 26.2 Å². The number of hydroxylamine groups is 2. The molecule has 0 saturated carbocycles. The molecular formula is C32H65NO2. The number of hydrogen-bond donors (Lipinski definition) is 0. The zero-order valence-electron chi connectivity index (χ0n) is 24.3. The molecule has 3 nitrogen and oxygen atoms in total. The Kier molecular flexibility index (Phi) is 25.3. The maximum atomic E-state index is 6.17. The summed E-state index contributed by atoms with van der Waals surface area (Å²) in [6.45, 7) is 7.41. The molecule has 1 rings (SSSR count). The zero-order valence-corrected chi connectivity index (χ0v) is 24.3. The van der Waals surface area contributed by atoms with Gasteiger partial charge in [-0.05, 0) is 25.7 Å². The Labute approximate surface area is 221 Å². The molecule has 0 aromatic carbocycles. The van der Waals surface area contributed by atoms with Gasteiger partial charge in [-0.1, -0.05) is 155 Å². The molecule has 1 atom stereocenters. The minimum Gasteiger partial charge on any atom is -0.361 e. The summed E-state index contributed by atoms with van der Waals surface area (Å²) in [4.78, 5) is 6.08. The van der Waals surface area contributed by atoms with Crippen LogP contribution in [0.25, 0.3) is 0 Å². The minimum atomic E-state index is 0.208. The van der Waals surface area contributed by atoms with Crippen LogP contribution < -0.4 is 0 Å². The standard InChI is InChI=1S/C32H65NO2/c1-3-5-7-9-11-13-15-17-19-21-23-25-30-34-32-28-27-29-33(32)35-31-26-24-22-20-18-16-14-12-10-8-6-4-2/h32H,3-31H2,1-2H3. The maximum absolute atomic E-state index is 6.17. The number of hydrogen-bond acceptors (Lipinski definition) is 3. The molecule has 0 bridgehead atoms. The predicted octanol–water partition coefficient (Wildman–Crippen LogP) is 10.8. The third-order valence-corrected chi connectivity index (χ3v) is 7.71. The fourth-order valence-electron chi connectivity index (χ4n) is 5.31. The zero-order chi connectivity index (χ0) is 25.1. The molecule has 1 saturated heterocycles. The van der Waals surface area contributed by atoms with Crippen molar-refractivity contribution in [3.05, 3.63) is 0 Å².